The molecular weight excluding hydrogens is 220 g/mol. The molecule has 0 unspecified atom stereocenters. The van der Waals surface area contributed by atoms with Gasteiger partial charge in [-0.25, -0.2) is 9.78 Å². The molecule has 6 heteroatoms. The molecule has 2 heterocycles. The summed E-state index contributed by atoms with van der Waals surface area (Å²) in [4.78, 5) is 19.2. The summed E-state index contributed by atoms with van der Waals surface area (Å²) in [7, 11) is 0. The minimum absolute atomic E-state index is 0.00279. The highest BCUT2D eigenvalue weighted by Gasteiger charge is 2.39. The van der Waals surface area contributed by atoms with Crippen molar-refractivity contribution in [2.24, 2.45) is 11.8 Å². The molecule has 1 saturated heterocycles. The van der Waals surface area contributed by atoms with Crippen LogP contribution in [0.3, 0.4) is 0 Å². The molecule has 0 radical (unpaired) electrons. The topological polar surface area (TPSA) is 83.0 Å². The molecule has 1 aromatic rings. The summed E-state index contributed by atoms with van der Waals surface area (Å²) in [5.41, 5.74) is 4.96. The van der Waals surface area contributed by atoms with Crippen molar-refractivity contribution in [3.05, 3.63) is 16.8 Å². The highest BCUT2D eigenvalue weighted by atomic mass is 16.5. The van der Waals surface area contributed by atoms with E-state index < -0.39 is 5.69 Å². The van der Waals surface area contributed by atoms with Crippen LogP contribution in [-0.4, -0.2) is 20.6 Å². The number of aromatic nitrogens is 3. The predicted molar refractivity (Wildman–Crippen MR) is 63.2 cm³/mol. The van der Waals surface area contributed by atoms with Crippen molar-refractivity contribution in [3.63, 3.8) is 0 Å². The van der Waals surface area contributed by atoms with Gasteiger partial charge in [0.05, 0.1) is 6.10 Å². The van der Waals surface area contributed by atoms with Gasteiger partial charge in [0.1, 0.15) is 12.6 Å². The zero-order chi connectivity index (χ0) is 12.6. The standard InChI is InChI=1S/C11H18N4O2/c1-4-8-6(2)7(3)9(17-8)15-5-13-10(12)14-11(15)16/h5-9H,4H2,1-3H3,(H2,12,14,16)/t6-,7+,8+,9+/m0/s1. The molecule has 1 aliphatic rings. The Hall–Kier alpha value is -1.43. The molecule has 94 valence electrons. The van der Waals surface area contributed by atoms with E-state index in [0.717, 1.165) is 6.42 Å². The monoisotopic (exact) mass is 238 g/mol. The Morgan fingerprint density at radius 3 is 2.71 bits per heavy atom. The van der Waals surface area contributed by atoms with Crippen molar-refractivity contribution in [3.8, 4) is 0 Å². The Labute approximate surface area is 99.8 Å². The van der Waals surface area contributed by atoms with Crippen LogP contribution >= 0.6 is 0 Å². The first-order valence-electron chi connectivity index (χ1n) is 5.90. The highest BCUT2D eigenvalue weighted by molar-refractivity contribution is 5.09. The third-order valence-corrected chi connectivity index (χ3v) is 3.60. The summed E-state index contributed by atoms with van der Waals surface area (Å²) in [6, 6.07) is 0. The van der Waals surface area contributed by atoms with Crippen molar-refractivity contribution in [2.45, 2.75) is 39.5 Å². The molecule has 2 rings (SSSR count). The van der Waals surface area contributed by atoms with Gasteiger partial charge in [0.2, 0.25) is 5.95 Å². The molecule has 0 saturated carbocycles. The van der Waals surface area contributed by atoms with Gasteiger partial charge in [-0.05, 0) is 12.3 Å². The van der Waals surface area contributed by atoms with Crippen molar-refractivity contribution in [1.29, 1.82) is 0 Å². The molecule has 6 nitrogen and oxygen atoms in total. The van der Waals surface area contributed by atoms with E-state index in [-0.39, 0.29) is 24.2 Å². The van der Waals surface area contributed by atoms with Gasteiger partial charge >= 0.3 is 5.69 Å². The molecule has 0 aliphatic carbocycles. The van der Waals surface area contributed by atoms with Crippen LogP contribution in [0.1, 0.15) is 33.4 Å². The molecular formula is C11H18N4O2. The van der Waals surface area contributed by atoms with Crippen LogP contribution in [0.5, 0.6) is 0 Å². The highest BCUT2D eigenvalue weighted by Crippen LogP contribution is 2.38. The molecule has 2 N–H and O–H groups in total. The zero-order valence-corrected chi connectivity index (χ0v) is 10.3. The fourth-order valence-corrected chi connectivity index (χ4v) is 2.34. The molecule has 0 bridgehead atoms. The van der Waals surface area contributed by atoms with Gasteiger partial charge < -0.3 is 10.5 Å². The maximum absolute atomic E-state index is 11.7. The summed E-state index contributed by atoms with van der Waals surface area (Å²) >= 11 is 0. The maximum atomic E-state index is 11.7. The maximum Gasteiger partial charge on any atom is 0.354 e. The van der Waals surface area contributed by atoms with Gasteiger partial charge in [0.25, 0.3) is 0 Å². The third-order valence-electron chi connectivity index (χ3n) is 3.60. The summed E-state index contributed by atoms with van der Waals surface area (Å²) < 4.78 is 7.31. The van der Waals surface area contributed by atoms with Gasteiger partial charge in [-0.1, -0.05) is 20.8 Å². The summed E-state index contributed by atoms with van der Waals surface area (Å²) in [5.74, 6) is 0.663. The minimum Gasteiger partial charge on any atom is -0.368 e. The molecule has 4 atom stereocenters. The van der Waals surface area contributed by atoms with Crippen molar-refractivity contribution < 1.29 is 4.74 Å². The van der Waals surface area contributed by atoms with E-state index in [4.69, 9.17) is 10.5 Å². The van der Waals surface area contributed by atoms with Crippen molar-refractivity contribution >= 4 is 5.95 Å². The number of rotatable bonds is 2. The zero-order valence-electron chi connectivity index (χ0n) is 10.3. The number of nitrogen functional groups attached to an aromatic ring is 1. The lowest BCUT2D eigenvalue weighted by atomic mass is 9.92. The largest absolute Gasteiger partial charge is 0.368 e. The van der Waals surface area contributed by atoms with E-state index >= 15 is 0 Å². The average molecular weight is 238 g/mol. The molecule has 0 amide bonds. The second kappa shape index (κ2) is 4.44. The van der Waals surface area contributed by atoms with Gasteiger partial charge in [0.15, 0.2) is 0 Å². The lowest BCUT2D eigenvalue weighted by Crippen LogP contribution is -2.30. The Bertz CT molecular complexity index is 459. The van der Waals surface area contributed by atoms with Gasteiger partial charge in [0, 0.05) is 5.92 Å². The van der Waals surface area contributed by atoms with Crippen molar-refractivity contribution in [1.82, 2.24) is 14.5 Å². The molecule has 17 heavy (non-hydrogen) atoms. The Kier molecular flexibility index (Phi) is 3.15. The van der Waals surface area contributed by atoms with Crippen LogP contribution in [0.4, 0.5) is 5.95 Å². The Morgan fingerprint density at radius 2 is 2.18 bits per heavy atom. The molecule has 0 aromatic carbocycles. The quantitative estimate of drug-likeness (QED) is 0.824. The Balaban J connectivity index is 2.32. The molecule has 0 spiro atoms. The SMILES string of the molecule is CC[C@H]1O[C@@H](n2cnc(N)nc2=O)[C@H](C)[C@@H]1C. The van der Waals surface area contributed by atoms with Crippen LogP contribution < -0.4 is 11.4 Å². The summed E-state index contributed by atoms with van der Waals surface area (Å²) in [6.07, 6.45) is 2.24. The van der Waals surface area contributed by atoms with Gasteiger partial charge in [-0.2, -0.15) is 4.98 Å². The first-order chi connectivity index (χ1) is 8.04. The van der Waals surface area contributed by atoms with E-state index in [1.165, 1.54) is 10.9 Å². The predicted octanol–water partition coefficient (Wildman–Crippen LogP) is 0.800. The van der Waals surface area contributed by atoms with Crippen molar-refractivity contribution in [2.75, 3.05) is 5.73 Å². The second-order valence-electron chi connectivity index (χ2n) is 4.60. The average Bonchev–Trinajstić information content (AvgIpc) is 2.57. The number of ether oxygens (including phenoxy) is 1. The number of anilines is 1. The van der Waals surface area contributed by atoms with Crippen LogP contribution in [-0.2, 0) is 4.74 Å². The first kappa shape index (κ1) is 12.0. The lowest BCUT2D eigenvalue weighted by molar-refractivity contribution is -0.0174. The van der Waals surface area contributed by atoms with Crippen LogP contribution in [0.15, 0.2) is 11.1 Å². The van der Waals surface area contributed by atoms with E-state index in [2.05, 4.69) is 30.7 Å². The van der Waals surface area contributed by atoms with E-state index in [9.17, 15) is 4.79 Å². The van der Waals surface area contributed by atoms with Crippen LogP contribution in [0.25, 0.3) is 0 Å². The summed E-state index contributed by atoms with van der Waals surface area (Å²) in [6.45, 7) is 6.30. The lowest BCUT2D eigenvalue weighted by Gasteiger charge is -2.17. The number of nitrogens with zero attached hydrogens (tertiary/aromatic N) is 3. The number of hydrogen-bond donors (Lipinski definition) is 1. The fourth-order valence-electron chi connectivity index (χ4n) is 2.34. The van der Waals surface area contributed by atoms with Crippen LogP contribution in [0.2, 0.25) is 0 Å². The van der Waals surface area contributed by atoms with E-state index in [1.807, 2.05) is 0 Å². The first-order valence-corrected chi connectivity index (χ1v) is 5.90. The molecule has 1 aromatic heterocycles. The molecule has 1 aliphatic heterocycles. The second-order valence-corrected chi connectivity index (χ2v) is 4.60. The smallest absolute Gasteiger partial charge is 0.354 e. The van der Waals surface area contributed by atoms with E-state index in [0.29, 0.717) is 5.92 Å². The van der Waals surface area contributed by atoms with E-state index in [1.54, 1.807) is 0 Å². The number of nitrogens with two attached hydrogens (primary N) is 1. The number of hydrogen-bond acceptors (Lipinski definition) is 5. The fraction of sp³-hybridized carbons (Fsp3) is 0.727. The van der Waals surface area contributed by atoms with Gasteiger partial charge in [-0.15, -0.1) is 0 Å². The van der Waals surface area contributed by atoms with Gasteiger partial charge in [-0.3, -0.25) is 4.57 Å². The minimum atomic E-state index is -0.404. The summed E-state index contributed by atoms with van der Waals surface area (Å²) in [5, 5.41) is 0. The third kappa shape index (κ3) is 2.04. The van der Waals surface area contributed by atoms with Crippen LogP contribution in [0, 0.1) is 11.8 Å². The normalized spacial score (nSPS) is 32.9. The Morgan fingerprint density at radius 1 is 1.47 bits per heavy atom. The molecule has 1 fully saturated rings.